The lowest BCUT2D eigenvalue weighted by Crippen LogP contribution is -2.05. The number of methoxy groups -OCH3 is 1. The summed E-state index contributed by atoms with van der Waals surface area (Å²) in [5.41, 5.74) is 3.16. The molecule has 0 aliphatic heterocycles. The van der Waals surface area contributed by atoms with Gasteiger partial charge in [-0.15, -0.1) is 0 Å². The third-order valence-electron chi connectivity index (χ3n) is 4.57. The molecule has 2 aromatic carbocycles. The van der Waals surface area contributed by atoms with Gasteiger partial charge < -0.3 is 18.5 Å². The van der Waals surface area contributed by atoms with Crippen LogP contribution in [0.4, 0.5) is 0 Å². The third-order valence-corrected chi connectivity index (χ3v) is 4.57. The van der Waals surface area contributed by atoms with E-state index in [2.05, 4.69) is 15.6 Å². The number of hydrogen-bond donors (Lipinski definition) is 0. The first-order valence-electron chi connectivity index (χ1n) is 8.81. The van der Waals surface area contributed by atoms with E-state index in [0.717, 1.165) is 29.4 Å². The molecule has 0 saturated heterocycles. The van der Waals surface area contributed by atoms with Crippen LogP contribution in [0.25, 0.3) is 22.0 Å². The van der Waals surface area contributed by atoms with E-state index >= 15 is 0 Å². The largest absolute Gasteiger partial charge is 0.495 e. The van der Waals surface area contributed by atoms with Gasteiger partial charge in [-0.2, -0.15) is 0 Å². The molecule has 4 aromatic rings. The fourth-order valence-electron chi connectivity index (χ4n) is 3.28. The molecule has 0 atom stereocenters. The predicted molar refractivity (Wildman–Crippen MR) is 103 cm³/mol. The number of nitrogens with zero attached hydrogens (tertiary/aromatic N) is 2. The molecule has 6 nitrogen and oxygen atoms in total. The molecule has 0 amide bonds. The van der Waals surface area contributed by atoms with E-state index < -0.39 is 0 Å². The monoisotopic (exact) mass is 364 g/mol. The van der Waals surface area contributed by atoms with E-state index in [1.165, 1.54) is 6.92 Å². The van der Waals surface area contributed by atoms with Crippen molar-refractivity contribution in [2.24, 2.45) is 0 Å². The normalized spacial score (nSPS) is 11.2. The number of rotatable bonds is 7. The Morgan fingerprint density at radius 3 is 2.93 bits per heavy atom. The molecule has 2 aromatic heterocycles. The average Bonchev–Trinajstić information content (AvgIpc) is 3.32. The Kier molecular flexibility index (Phi) is 4.54. The topological polar surface area (TPSA) is 66.5 Å². The molecule has 0 aliphatic carbocycles. The number of aromatic nitrogens is 2. The zero-order valence-corrected chi connectivity index (χ0v) is 15.3. The third kappa shape index (κ3) is 3.14. The lowest BCUT2D eigenvalue weighted by molar-refractivity contribution is 0.101. The molecular formula is C21H20N2O4. The van der Waals surface area contributed by atoms with E-state index in [-0.39, 0.29) is 5.78 Å². The van der Waals surface area contributed by atoms with Crippen LogP contribution in [0, 0.1) is 0 Å². The van der Waals surface area contributed by atoms with Crippen LogP contribution in [-0.2, 0) is 6.54 Å². The van der Waals surface area contributed by atoms with Gasteiger partial charge in [0.15, 0.2) is 17.1 Å². The van der Waals surface area contributed by atoms with E-state index in [1.807, 2.05) is 24.5 Å². The smallest absolute Gasteiger partial charge is 0.179 e. The van der Waals surface area contributed by atoms with Crippen molar-refractivity contribution in [2.75, 3.05) is 13.7 Å². The van der Waals surface area contributed by atoms with Crippen molar-refractivity contribution >= 4 is 27.8 Å². The molecule has 0 spiro atoms. The van der Waals surface area contributed by atoms with Gasteiger partial charge in [-0.1, -0.05) is 12.1 Å². The van der Waals surface area contributed by atoms with Crippen LogP contribution in [0.15, 0.2) is 53.4 Å². The van der Waals surface area contributed by atoms with Crippen LogP contribution in [-0.4, -0.2) is 29.1 Å². The molecule has 2 heterocycles. The Labute approximate surface area is 156 Å². The molecule has 4 rings (SSSR count). The molecule has 6 heteroatoms. The molecule has 0 fully saturated rings. The van der Waals surface area contributed by atoms with Crippen molar-refractivity contribution in [3.63, 3.8) is 0 Å². The lowest BCUT2D eigenvalue weighted by atomic mass is 10.1. The number of ketones is 1. The molecule has 27 heavy (non-hydrogen) atoms. The van der Waals surface area contributed by atoms with Crippen LogP contribution in [0.2, 0.25) is 0 Å². The summed E-state index contributed by atoms with van der Waals surface area (Å²) in [6, 6.07) is 11.5. The highest BCUT2D eigenvalue weighted by molar-refractivity contribution is 6.04. The van der Waals surface area contributed by atoms with E-state index in [4.69, 9.17) is 13.9 Å². The summed E-state index contributed by atoms with van der Waals surface area (Å²) in [5.74, 6) is 0.990. The van der Waals surface area contributed by atoms with E-state index in [9.17, 15) is 4.79 Å². The summed E-state index contributed by atoms with van der Waals surface area (Å²) in [6.45, 7) is 2.79. The van der Waals surface area contributed by atoms with Gasteiger partial charge in [0.25, 0.3) is 0 Å². The van der Waals surface area contributed by atoms with E-state index in [1.54, 1.807) is 25.5 Å². The first kappa shape index (κ1) is 17.1. The molecule has 0 saturated carbocycles. The molecule has 138 valence electrons. The highest BCUT2D eigenvalue weighted by atomic mass is 16.5. The van der Waals surface area contributed by atoms with Crippen molar-refractivity contribution < 1.29 is 18.7 Å². The van der Waals surface area contributed by atoms with Gasteiger partial charge in [0.1, 0.15) is 5.75 Å². The van der Waals surface area contributed by atoms with Crippen LogP contribution in [0.1, 0.15) is 23.7 Å². The number of carbonyl (C=O) groups is 1. The van der Waals surface area contributed by atoms with Gasteiger partial charge >= 0.3 is 0 Å². The number of ether oxygens (including phenoxy) is 2. The second kappa shape index (κ2) is 7.15. The van der Waals surface area contributed by atoms with Crippen LogP contribution >= 0.6 is 0 Å². The van der Waals surface area contributed by atoms with Gasteiger partial charge in [0.05, 0.1) is 48.3 Å². The molecular weight excluding hydrogens is 344 g/mol. The molecule has 0 N–H and O–H groups in total. The maximum atomic E-state index is 12.0. The standard InChI is InChI=1S/C21H20N2O4/c1-14(24)16-12-19(21-15(8-11-27-21)20(16)25-2)26-10-5-9-23-13-22-17-6-3-4-7-18(17)23/h3-4,6-8,11-13H,5,9-10H2,1-2H3. The molecule has 0 bridgehead atoms. The number of fused-ring (bicyclic) bond motifs is 2. The summed E-state index contributed by atoms with van der Waals surface area (Å²) < 4.78 is 19.0. The number of carbonyl (C=O) groups excluding carboxylic acids is 1. The Bertz CT molecular complexity index is 1110. The number of para-hydroxylation sites is 2. The summed E-state index contributed by atoms with van der Waals surface area (Å²) in [5, 5.41) is 0.737. The van der Waals surface area contributed by atoms with Gasteiger partial charge in [0.2, 0.25) is 0 Å². The fraction of sp³-hybridized carbons (Fsp3) is 0.238. The summed E-state index contributed by atoms with van der Waals surface area (Å²) in [6.07, 6.45) is 4.21. The highest BCUT2D eigenvalue weighted by Crippen LogP contribution is 2.37. The zero-order chi connectivity index (χ0) is 18.8. The number of furan rings is 1. The summed E-state index contributed by atoms with van der Waals surface area (Å²) >= 11 is 0. The second-order valence-corrected chi connectivity index (χ2v) is 6.30. The maximum absolute atomic E-state index is 12.0. The number of aryl methyl sites for hydroxylation is 1. The van der Waals surface area contributed by atoms with Crippen LogP contribution in [0.5, 0.6) is 11.5 Å². The summed E-state index contributed by atoms with van der Waals surface area (Å²) in [4.78, 5) is 16.4. The van der Waals surface area contributed by atoms with Crippen molar-refractivity contribution in [1.82, 2.24) is 9.55 Å². The minimum Gasteiger partial charge on any atom is -0.495 e. The molecule has 0 radical (unpaired) electrons. The zero-order valence-electron chi connectivity index (χ0n) is 15.3. The highest BCUT2D eigenvalue weighted by Gasteiger charge is 2.18. The number of benzene rings is 2. The van der Waals surface area contributed by atoms with Gasteiger partial charge in [-0.3, -0.25) is 4.79 Å². The average molecular weight is 364 g/mol. The van der Waals surface area contributed by atoms with Crippen molar-refractivity contribution in [2.45, 2.75) is 19.9 Å². The van der Waals surface area contributed by atoms with Crippen molar-refractivity contribution in [1.29, 1.82) is 0 Å². The maximum Gasteiger partial charge on any atom is 0.179 e. The Morgan fingerprint density at radius 1 is 1.26 bits per heavy atom. The van der Waals surface area contributed by atoms with Crippen molar-refractivity contribution in [3.05, 3.63) is 54.6 Å². The SMILES string of the molecule is COc1c(C(C)=O)cc(OCCCn2cnc3ccccc32)c2occc12. The Balaban J connectivity index is 1.50. The lowest BCUT2D eigenvalue weighted by Gasteiger charge is -2.12. The minimum atomic E-state index is -0.0790. The first-order chi connectivity index (χ1) is 13.2. The van der Waals surface area contributed by atoms with Gasteiger partial charge in [0, 0.05) is 6.54 Å². The Morgan fingerprint density at radius 2 is 2.11 bits per heavy atom. The van der Waals surface area contributed by atoms with Gasteiger partial charge in [-0.25, -0.2) is 4.98 Å². The van der Waals surface area contributed by atoms with Crippen molar-refractivity contribution in [3.8, 4) is 11.5 Å². The predicted octanol–water partition coefficient (Wildman–Crippen LogP) is 4.46. The number of imidazole rings is 1. The van der Waals surface area contributed by atoms with Crippen LogP contribution in [0.3, 0.4) is 0 Å². The minimum absolute atomic E-state index is 0.0790. The summed E-state index contributed by atoms with van der Waals surface area (Å²) in [7, 11) is 1.55. The molecule has 0 aliphatic rings. The molecule has 0 unspecified atom stereocenters. The van der Waals surface area contributed by atoms with Gasteiger partial charge in [-0.05, 0) is 37.6 Å². The van der Waals surface area contributed by atoms with E-state index in [0.29, 0.717) is 29.3 Å². The first-order valence-corrected chi connectivity index (χ1v) is 8.81. The quantitative estimate of drug-likeness (QED) is 0.358. The second-order valence-electron chi connectivity index (χ2n) is 6.30. The fourth-order valence-corrected chi connectivity index (χ4v) is 3.28. The Hall–Kier alpha value is -3.28. The number of hydrogen-bond acceptors (Lipinski definition) is 5. The van der Waals surface area contributed by atoms with Crippen LogP contribution < -0.4 is 9.47 Å². The number of Topliss-reactive ketones (excluding diaryl/α,β-unsaturated/α-hetero) is 1.